The van der Waals surface area contributed by atoms with Crippen molar-refractivity contribution >= 4 is 23.4 Å². The van der Waals surface area contributed by atoms with Crippen molar-refractivity contribution in [3.63, 3.8) is 0 Å². The molecule has 0 bridgehead atoms. The second-order valence-electron chi connectivity index (χ2n) is 7.52. The molecule has 1 amide bonds. The van der Waals surface area contributed by atoms with E-state index >= 15 is 0 Å². The van der Waals surface area contributed by atoms with E-state index in [1.54, 1.807) is 0 Å². The van der Waals surface area contributed by atoms with Gasteiger partial charge in [-0.3, -0.25) is 4.79 Å². The first-order chi connectivity index (χ1) is 14.4. The number of nitrogens with one attached hydrogen (secondary N) is 1. The highest BCUT2D eigenvalue weighted by Crippen LogP contribution is 2.26. The molecule has 1 heterocycles. The molecule has 30 heavy (non-hydrogen) atoms. The summed E-state index contributed by atoms with van der Waals surface area (Å²) in [4.78, 5) is 12.4. The minimum Gasteiger partial charge on any atom is -0.485 e. The summed E-state index contributed by atoms with van der Waals surface area (Å²) < 4.78 is 8.09. The first-order valence-electron chi connectivity index (χ1n) is 9.98. The van der Waals surface area contributed by atoms with Crippen LogP contribution in [-0.4, -0.2) is 26.4 Å². The number of carbonyl (C=O) groups is 1. The number of benzene rings is 2. The fraction of sp³-hybridized carbons (Fsp3) is 0.348. The Bertz CT molecular complexity index is 1010. The number of thioether (sulfide) groups is 1. The van der Waals surface area contributed by atoms with Gasteiger partial charge in [0.1, 0.15) is 12.4 Å². The Kier molecular flexibility index (Phi) is 7.15. The number of aryl methyl sites for hydroxylation is 3. The number of ether oxygens (including phenoxy) is 1. The molecule has 0 atom stereocenters. The van der Waals surface area contributed by atoms with E-state index in [2.05, 4.69) is 29.4 Å². The summed E-state index contributed by atoms with van der Waals surface area (Å²) in [5, 5.41) is 12.3. The van der Waals surface area contributed by atoms with Crippen molar-refractivity contribution in [2.75, 3.05) is 11.1 Å². The molecule has 1 N–H and O–H groups in total. The average molecular weight is 425 g/mol. The molecule has 0 aliphatic rings. The third kappa shape index (κ3) is 5.21. The number of nitrogens with zero attached hydrogens (tertiary/aromatic N) is 3. The van der Waals surface area contributed by atoms with Gasteiger partial charge < -0.3 is 14.6 Å². The summed E-state index contributed by atoms with van der Waals surface area (Å²) >= 11 is 1.38. The lowest BCUT2D eigenvalue weighted by Crippen LogP contribution is -2.16. The number of rotatable bonds is 8. The van der Waals surface area contributed by atoms with E-state index in [9.17, 15) is 4.79 Å². The Morgan fingerprint density at radius 2 is 1.70 bits per heavy atom. The Labute approximate surface area is 182 Å². The first kappa shape index (κ1) is 21.9. The van der Waals surface area contributed by atoms with Crippen LogP contribution in [-0.2, 0) is 11.4 Å². The maximum Gasteiger partial charge on any atom is 0.234 e. The number of anilines is 1. The van der Waals surface area contributed by atoms with E-state index in [0.717, 1.165) is 34.0 Å². The maximum absolute atomic E-state index is 12.4. The van der Waals surface area contributed by atoms with Crippen LogP contribution in [0.25, 0.3) is 0 Å². The fourth-order valence-corrected chi connectivity index (χ4v) is 4.10. The molecule has 0 saturated carbocycles. The van der Waals surface area contributed by atoms with Gasteiger partial charge in [0, 0.05) is 11.7 Å². The lowest BCUT2D eigenvalue weighted by Gasteiger charge is -2.16. The molecular weight excluding hydrogens is 396 g/mol. The zero-order chi connectivity index (χ0) is 21.7. The SMILES string of the molecule is Cc1ccccc1NC(=O)CSc1nnc(COc2c(C)cccc2C)n1C(C)C. The largest absolute Gasteiger partial charge is 0.485 e. The van der Waals surface area contributed by atoms with Crippen LogP contribution < -0.4 is 10.1 Å². The van der Waals surface area contributed by atoms with Gasteiger partial charge in [0.05, 0.1) is 5.75 Å². The lowest BCUT2D eigenvalue weighted by molar-refractivity contribution is -0.113. The summed E-state index contributed by atoms with van der Waals surface area (Å²) in [6.45, 7) is 10.5. The standard InChI is InChI=1S/C23H28N4O2S/c1-15(2)27-20(13-29-22-17(4)10-8-11-18(22)5)25-26-23(27)30-14-21(28)24-19-12-7-6-9-16(19)3/h6-12,15H,13-14H2,1-5H3,(H,24,28). The first-order valence-corrected chi connectivity index (χ1v) is 11.0. The highest BCUT2D eigenvalue weighted by molar-refractivity contribution is 7.99. The second kappa shape index (κ2) is 9.80. The van der Waals surface area contributed by atoms with Crippen LogP contribution in [0.1, 0.15) is 42.4 Å². The van der Waals surface area contributed by atoms with Crippen molar-refractivity contribution in [1.82, 2.24) is 14.8 Å². The molecule has 3 aromatic rings. The summed E-state index contributed by atoms with van der Waals surface area (Å²) in [7, 11) is 0. The van der Waals surface area contributed by atoms with Gasteiger partial charge in [0.2, 0.25) is 5.91 Å². The van der Waals surface area contributed by atoms with Crippen molar-refractivity contribution < 1.29 is 9.53 Å². The van der Waals surface area contributed by atoms with Crippen LogP contribution >= 0.6 is 11.8 Å². The normalized spacial score (nSPS) is 11.0. The third-order valence-electron chi connectivity index (χ3n) is 4.76. The fourth-order valence-electron chi connectivity index (χ4n) is 3.22. The molecule has 7 heteroatoms. The van der Waals surface area contributed by atoms with Crippen molar-refractivity contribution in [1.29, 1.82) is 0 Å². The van der Waals surface area contributed by atoms with Gasteiger partial charge in [-0.15, -0.1) is 10.2 Å². The molecule has 6 nitrogen and oxygen atoms in total. The molecule has 0 fully saturated rings. The molecule has 0 aliphatic carbocycles. The molecule has 0 spiro atoms. The van der Waals surface area contributed by atoms with Gasteiger partial charge in [0.25, 0.3) is 0 Å². The van der Waals surface area contributed by atoms with Gasteiger partial charge in [0.15, 0.2) is 11.0 Å². The van der Waals surface area contributed by atoms with Crippen LogP contribution in [0.2, 0.25) is 0 Å². The van der Waals surface area contributed by atoms with Gasteiger partial charge in [-0.1, -0.05) is 48.2 Å². The highest BCUT2D eigenvalue weighted by atomic mass is 32.2. The van der Waals surface area contributed by atoms with Gasteiger partial charge in [-0.25, -0.2) is 0 Å². The van der Waals surface area contributed by atoms with Crippen molar-refractivity contribution in [2.45, 2.75) is 52.4 Å². The summed E-state index contributed by atoms with van der Waals surface area (Å²) in [6.07, 6.45) is 0. The van der Waals surface area contributed by atoms with E-state index in [1.165, 1.54) is 11.8 Å². The zero-order valence-corrected chi connectivity index (χ0v) is 18.9. The van der Waals surface area contributed by atoms with Gasteiger partial charge in [-0.05, 0) is 57.4 Å². The minimum atomic E-state index is -0.0686. The number of hydrogen-bond donors (Lipinski definition) is 1. The van der Waals surface area contributed by atoms with Crippen molar-refractivity contribution in [2.24, 2.45) is 0 Å². The molecule has 1 aromatic heterocycles. The maximum atomic E-state index is 12.4. The smallest absolute Gasteiger partial charge is 0.234 e. The van der Waals surface area contributed by atoms with Gasteiger partial charge >= 0.3 is 0 Å². The highest BCUT2D eigenvalue weighted by Gasteiger charge is 2.18. The predicted octanol–water partition coefficient (Wildman–Crippen LogP) is 5.09. The number of aromatic nitrogens is 3. The van der Waals surface area contributed by atoms with Crippen LogP contribution in [0.15, 0.2) is 47.6 Å². The lowest BCUT2D eigenvalue weighted by atomic mass is 10.1. The Balaban J connectivity index is 1.67. The Morgan fingerprint density at radius 3 is 2.37 bits per heavy atom. The predicted molar refractivity (Wildman–Crippen MR) is 121 cm³/mol. The molecule has 3 rings (SSSR count). The van der Waals surface area contributed by atoms with E-state index in [1.807, 2.05) is 67.8 Å². The monoisotopic (exact) mass is 424 g/mol. The van der Waals surface area contributed by atoms with E-state index in [0.29, 0.717) is 11.8 Å². The van der Waals surface area contributed by atoms with E-state index in [4.69, 9.17) is 4.74 Å². The molecule has 0 radical (unpaired) electrons. The Hall–Kier alpha value is -2.80. The van der Waals surface area contributed by atoms with Gasteiger partial charge in [-0.2, -0.15) is 0 Å². The molecule has 0 unspecified atom stereocenters. The summed E-state index contributed by atoms with van der Waals surface area (Å²) in [6, 6.07) is 14.0. The molecule has 2 aromatic carbocycles. The molecule has 158 valence electrons. The van der Waals surface area contributed by atoms with Crippen LogP contribution in [0.5, 0.6) is 5.75 Å². The van der Waals surface area contributed by atoms with E-state index in [-0.39, 0.29) is 17.7 Å². The van der Waals surface area contributed by atoms with E-state index < -0.39 is 0 Å². The van der Waals surface area contributed by atoms with Crippen molar-refractivity contribution in [3.05, 3.63) is 65.0 Å². The van der Waals surface area contributed by atoms with Crippen molar-refractivity contribution in [3.8, 4) is 5.75 Å². The zero-order valence-electron chi connectivity index (χ0n) is 18.1. The number of hydrogen-bond acceptors (Lipinski definition) is 5. The van der Waals surface area contributed by atoms with Crippen LogP contribution in [0, 0.1) is 20.8 Å². The number of amides is 1. The second-order valence-corrected chi connectivity index (χ2v) is 8.47. The van der Waals surface area contributed by atoms with Crippen LogP contribution in [0.3, 0.4) is 0 Å². The topological polar surface area (TPSA) is 69.0 Å². The quantitative estimate of drug-likeness (QED) is 0.510. The molecular formula is C23H28N4O2S. The molecule has 0 aliphatic heterocycles. The molecule has 0 saturated heterocycles. The minimum absolute atomic E-state index is 0.0686. The Morgan fingerprint density at radius 1 is 1.03 bits per heavy atom. The average Bonchev–Trinajstić information content (AvgIpc) is 3.11. The number of para-hydroxylation sites is 2. The third-order valence-corrected chi connectivity index (χ3v) is 5.70. The number of carbonyl (C=O) groups excluding carboxylic acids is 1. The van der Waals surface area contributed by atoms with Crippen LogP contribution in [0.4, 0.5) is 5.69 Å². The summed E-state index contributed by atoms with van der Waals surface area (Å²) in [5.41, 5.74) is 4.05. The summed E-state index contributed by atoms with van der Waals surface area (Å²) in [5.74, 6) is 1.81.